The van der Waals surface area contributed by atoms with Gasteiger partial charge in [-0.3, -0.25) is 9.59 Å². The number of rotatable bonds is 5. The van der Waals surface area contributed by atoms with E-state index in [0.717, 1.165) is 30.5 Å². The van der Waals surface area contributed by atoms with Crippen LogP contribution in [-0.4, -0.2) is 18.9 Å². The fourth-order valence-electron chi connectivity index (χ4n) is 2.14. The molecule has 0 saturated heterocycles. The van der Waals surface area contributed by atoms with E-state index in [1.807, 2.05) is 24.3 Å². The van der Waals surface area contributed by atoms with Crippen LogP contribution in [0.15, 0.2) is 24.3 Å². The summed E-state index contributed by atoms with van der Waals surface area (Å²) in [7, 11) is 1.63. The number of para-hydroxylation sites is 1. The molecule has 0 aliphatic heterocycles. The van der Waals surface area contributed by atoms with Gasteiger partial charge in [0, 0.05) is 25.1 Å². The summed E-state index contributed by atoms with van der Waals surface area (Å²) in [5.41, 5.74) is 1.85. The van der Waals surface area contributed by atoms with Gasteiger partial charge >= 0.3 is 0 Å². The largest absolute Gasteiger partial charge is 0.359 e. The highest BCUT2D eigenvalue weighted by atomic mass is 16.2. The maximum absolute atomic E-state index is 12.0. The molecule has 2 rings (SSSR count). The molecule has 0 heterocycles. The predicted octanol–water partition coefficient (Wildman–Crippen LogP) is 2.10. The van der Waals surface area contributed by atoms with Crippen LogP contribution in [0, 0.1) is 5.92 Å². The Bertz CT molecular complexity index is 467. The number of amides is 2. The van der Waals surface area contributed by atoms with E-state index in [4.69, 9.17) is 0 Å². The average molecular weight is 260 g/mol. The van der Waals surface area contributed by atoms with Gasteiger partial charge in [-0.1, -0.05) is 24.6 Å². The van der Waals surface area contributed by atoms with Crippen molar-refractivity contribution >= 4 is 17.5 Å². The van der Waals surface area contributed by atoms with Crippen LogP contribution < -0.4 is 10.6 Å². The summed E-state index contributed by atoms with van der Waals surface area (Å²) in [6, 6.07) is 7.69. The molecule has 4 heteroatoms. The first kappa shape index (κ1) is 13.6. The summed E-state index contributed by atoms with van der Waals surface area (Å²) in [5.74, 6) is 0.297. The molecule has 1 aromatic rings. The van der Waals surface area contributed by atoms with Crippen molar-refractivity contribution in [2.45, 2.75) is 32.1 Å². The second-order valence-electron chi connectivity index (χ2n) is 4.95. The fraction of sp³-hybridized carbons (Fsp3) is 0.467. The topological polar surface area (TPSA) is 58.2 Å². The van der Waals surface area contributed by atoms with Crippen molar-refractivity contribution in [3.8, 4) is 0 Å². The van der Waals surface area contributed by atoms with Crippen LogP contribution in [0.1, 0.15) is 31.2 Å². The zero-order valence-electron chi connectivity index (χ0n) is 11.2. The van der Waals surface area contributed by atoms with Gasteiger partial charge in [0.2, 0.25) is 11.8 Å². The van der Waals surface area contributed by atoms with Crippen molar-refractivity contribution in [2.75, 3.05) is 12.4 Å². The molecule has 4 nitrogen and oxygen atoms in total. The van der Waals surface area contributed by atoms with Gasteiger partial charge in [-0.25, -0.2) is 0 Å². The second kappa shape index (κ2) is 6.36. The highest BCUT2D eigenvalue weighted by Crippen LogP contribution is 2.28. The Hall–Kier alpha value is -1.84. The minimum absolute atomic E-state index is 0.0140. The molecule has 2 amide bonds. The third-order valence-electron chi connectivity index (χ3n) is 3.65. The maximum Gasteiger partial charge on any atom is 0.227 e. The summed E-state index contributed by atoms with van der Waals surface area (Å²) in [6.07, 6.45) is 4.21. The molecule has 1 aliphatic carbocycles. The van der Waals surface area contributed by atoms with Gasteiger partial charge in [-0.05, 0) is 30.9 Å². The smallest absolute Gasteiger partial charge is 0.227 e. The normalized spacial score (nSPS) is 14.6. The van der Waals surface area contributed by atoms with Crippen molar-refractivity contribution in [3.63, 3.8) is 0 Å². The molecule has 0 unspecified atom stereocenters. The zero-order valence-corrected chi connectivity index (χ0v) is 11.2. The van der Waals surface area contributed by atoms with E-state index in [-0.39, 0.29) is 17.7 Å². The van der Waals surface area contributed by atoms with E-state index in [9.17, 15) is 9.59 Å². The first-order valence-corrected chi connectivity index (χ1v) is 6.80. The first-order valence-electron chi connectivity index (χ1n) is 6.80. The molecule has 19 heavy (non-hydrogen) atoms. The molecular formula is C15H20N2O2. The highest BCUT2D eigenvalue weighted by Gasteiger charge is 2.25. The van der Waals surface area contributed by atoms with Crippen molar-refractivity contribution < 1.29 is 9.59 Å². The first-order chi connectivity index (χ1) is 9.20. The third-order valence-corrected chi connectivity index (χ3v) is 3.65. The lowest BCUT2D eigenvalue weighted by Gasteiger charge is -2.24. The van der Waals surface area contributed by atoms with Crippen molar-refractivity contribution in [2.24, 2.45) is 5.92 Å². The summed E-state index contributed by atoms with van der Waals surface area (Å²) in [6.45, 7) is 0. The Kier molecular flexibility index (Phi) is 4.55. The number of carbonyl (C=O) groups is 2. The standard InChI is InChI=1S/C15H20N2O2/c1-16-14(18)10-9-11-5-2-3-8-13(11)17-15(19)12-6-4-7-12/h2-3,5,8,12H,4,6-7,9-10H2,1H3,(H,16,18)(H,17,19). The zero-order chi connectivity index (χ0) is 13.7. The number of hydrogen-bond acceptors (Lipinski definition) is 2. The number of hydrogen-bond donors (Lipinski definition) is 2. The third kappa shape index (κ3) is 3.56. The van der Waals surface area contributed by atoms with Crippen molar-refractivity contribution in [3.05, 3.63) is 29.8 Å². The molecule has 0 atom stereocenters. The van der Waals surface area contributed by atoms with Gasteiger partial charge in [-0.2, -0.15) is 0 Å². The summed E-state index contributed by atoms with van der Waals surface area (Å²) < 4.78 is 0. The van der Waals surface area contributed by atoms with Crippen LogP contribution in [0.3, 0.4) is 0 Å². The molecule has 1 aliphatic rings. The van der Waals surface area contributed by atoms with Gasteiger partial charge in [0.25, 0.3) is 0 Å². The van der Waals surface area contributed by atoms with Crippen LogP contribution in [0.2, 0.25) is 0 Å². The minimum Gasteiger partial charge on any atom is -0.359 e. The van der Waals surface area contributed by atoms with E-state index >= 15 is 0 Å². The molecule has 0 spiro atoms. The lowest BCUT2D eigenvalue weighted by molar-refractivity contribution is -0.122. The van der Waals surface area contributed by atoms with Gasteiger partial charge < -0.3 is 10.6 Å². The molecule has 1 aromatic carbocycles. The summed E-state index contributed by atoms with van der Waals surface area (Å²) in [5, 5.41) is 5.59. The van der Waals surface area contributed by atoms with Crippen molar-refractivity contribution in [1.29, 1.82) is 0 Å². The van der Waals surface area contributed by atoms with Gasteiger partial charge in [0.05, 0.1) is 0 Å². The quantitative estimate of drug-likeness (QED) is 0.851. The number of aryl methyl sites for hydroxylation is 1. The van der Waals surface area contributed by atoms with Crippen LogP contribution >= 0.6 is 0 Å². The molecule has 1 saturated carbocycles. The Morgan fingerprint density at radius 3 is 2.63 bits per heavy atom. The van der Waals surface area contributed by atoms with E-state index in [0.29, 0.717) is 12.8 Å². The van der Waals surface area contributed by atoms with E-state index < -0.39 is 0 Å². The Balaban J connectivity index is 1.98. The van der Waals surface area contributed by atoms with Crippen molar-refractivity contribution in [1.82, 2.24) is 5.32 Å². The Morgan fingerprint density at radius 2 is 2.00 bits per heavy atom. The van der Waals surface area contributed by atoms with Gasteiger partial charge in [0.1, 0.15) is 0 Å². The Labute approximate surface area is 113 Å². The maximum atomic E-state index is 12.0. The highest BCUT2D eigenvalue weighted by molar-refractivity contribution is 5.93. The summed E-state index contributed by atoms with van der Waals surface area (Å²) >= 11 is 0. The van der Waals surface area contributed by atoms with Crippen LogP contribution in [-0.2, 0) is 16.0 Å². The average Bonchev–Trinajstić information content (AvgIpc) is 2.35. The minimum atomic E-state index is 0.0140. The number of anilines is 1. The molecule has 0 radical (unpaired) electrons. The second-order valence-corrected chi connectivity index (χ2v) is 4.95. The number of benzene rings is 1. The van der Waals surface area contributed by atoms with Crippen LogP contribution in [0.5, 0.6) is 0 Å². The lowest BCUT2D eigenvalue weighted by atomic mass is 9.84. The SMILES string of the molecule is CNC(=O)CCc1ccccc1NC(=O)C1CCC1. The monoisotopic (exact) mass is 260 g/mol. The van der Waals surface area contributed by atoms with E-state index in [1.165, 1.54) is 0 Å². The lowest BCUT2D eigenvalue weighted by Crippen LogP contribution is -2.28. The van der Waals surface area contributed by atoms with Gasteiger partial charge in [0.15, 0.2) is 0 Å². The molecule has 2 N–H and O–H groups in total. The predicted molar refractivity (Wildman–Crippen MR) is 74.8 cm³/mol. The molecule has 102 valence electrons. The van der Waals surface area contributed by atoms with E-state index in [2.05, 4.69) is 10.6 Å². The molecule has 1 fully saturated rings. The Morgan fingerprint density at radius 1 is 1.26 bits per heavy atom. The molecule has 0 bridgehead atoms. The molecular weight excluding hydrogens is 240 g/mol. The number of carbonyl (C=O) groups excluding carboxylic acids is 2. The number of nitrogens with one attached hydrogen (secondary N) is 2. The summed E-state index contributed by atoms with van der Waals surface area (Å²) in [4.78, 5) is 23.2. The van der Waals surface area contributed by atoms with Crippen LogP contribution in [0.25, 0.3) is 0 Å². The van der Waals surface area contributed by atoms with Gasteiger partial charge in [-0.15, -0.1) is 0 Å². The fourth-order valence-corrected chi connectivity index (χ4v) is 2.14. The van der Waals surface area contributed by atoms with Crippen LogP contribution in [0.4, 0.5) is 5.69 Å². The molecule has 0 aromatic heterocycles. The van der Waals surface area contributed by atoms with E-state index in [1.54, 1.807) is 7.05 Å².